The molecule has 1 aliphatic rings. The van der Waals surface area contributed by atoms with Gasteiger partial charge in [0.25, 0.3) is 0 Å². The highest BCUT2D eigenvalue weighted by Crippen LogP contribution is 2.28. The first kappa shape index (κ1) is 11.9. The summed E-state index contributed by atoms with van der Waals surface area (Å²) in [6.45, 7) is 3.18. The Hall–Kier alpha value is -1.13. The van der Waals surface area contributed by atoms with Crippen LogP contribution >= 0.6 is 11.3 Å². The molecule has 0 bridgehead atoms. The molecule has 0 saturated heterocycles. The molecule has 0 aromatic carbocycles. The topological polar surface area (TPSA) is 38.1 Å². The van der Waals surface area contributed by atoms with E-state index in [9.17, 15) is 0 Å². The van der Waals surface area contributed by atoms with Gasteiger partial charge < -0.3 is 9.73 Å². The average molecular weight is 262 g/mol. The van der Waals surface area contributed by atoms with Gasteiger partial charge in [-0.15, -0.1) is 11.3 Å². The molecule has 1 aliphatic carbocycles. The largest absolute Gasteiger partial charge is 0.440 e. The van der Waals surface area contributed by atoms with Crippen molar-refractivity contribution in [3.05, 3.63) is 29.1 Å². The molecule has 2 aromatic heterocycles. The molecule has 4 heteroatoms. The smallest absolute Gasteiger partial charge is 0.194 e. The molecule has 2 heterocycles. The highest BCUT2D eigenvalue weighted by molar-refractivity contribution is 7.15. The Morgan fingerprint density at radius 1 is 1.44 bits per heavy atom. The summed E-state index contributed by atoms with van der Waals surface area (Å²) >= 11 is 1.75. The summed E-state index contributed by atoms with van der Waals surface area (Å²) in [7, 11) is 0. The van der Waals surface area contributed by atoms with Crippen LogP contribution in [0, 0.1) is 6.92 Å². The van der Waals surface area contributed by atoms with E-state index in [2.05, 4.69) is 29.4 Å². The third-order valence-electron chi connectivity index (χ3n) is 3.11. The lowest BCUT2D eigenvalue weighted by molar-refractivity contribution is 0.492. The maximum Gasteiger partial charge on any atom is 0.194 e. The SMILES string of the molecule is Cc1ccc(-c2cnc(CCCNC3CC3)o2)s1. The van der Waals surface area contributed by atoms with Crippen molar-refractivity contribution in [2.24, 2.45) is 0 Å². The van der Waals surface area contributed by atoms with Gasteiger partial charge in [0.15, 0.2) is 11.7 Å². The summed E-state index contributed by atoms with van der Waals surface area (Å²) in [5.74, 6) is 1.76. The molecule has 0 aliphatic heterocycles. The van der Waals surface area contributed by atoms with E-state index in [0.29, 0.717) is 0 Å². The van der Waals surface area contributed by atoms with Crippen LogP contribution < -0.4 is 5.32 Å². The van der Waals surface area contributed by atoms with Gasteiger partial charge in [-0.2, -0.15) is 0 Å². The monoisotopic (exact) mass is 262 g/mol. The fourth-order valence-electron chi connectivity index (χ4n) is 1.94. The molecule has 2 aromatic rings. The van der Waals surface area contributed by atoms with E-state index in [1.54, 1.807) is 11.3 Å². The van der Waals surface area contributed by atoms with Crippen LogP contribution in [0.3, 0.4) is 0 Å². The second-order valence-corrected chi connectivity index (χ2v) is 6.15. The minimum absolute atomic E-state index is 0.791. The number of nitrogens with zero attached hydrogens (tertiary/aromatic N) is 1. The Kier molecular flexibility index (Phi) is 3.48. The van der Waals surface area contributed by atoms with Gasteiger partial charge in [0.2, 0.25) is 0 Å². The van der Waals surface area contributed by atoms with E-state index < -0.39 is 0 Å². The summed E-state index contributed by atoms with van der Waals surface area (Å²) in [5.41, 5.74) is 0. The van der Waals surface area contributed by atoms with Crippen molar-refractivity contribution in [1.29, 1.82) is 0 Å². The molecule has 0 radical (unpaired) electrons. The first-order valence-corrected chi connectivity index (χ1v) is 7.38. The van der Waals surface area contributed by atoms with Crippen molar-refractivity contribution in [3.63, 3.8) is 0 Å². The molecule has 1 saturated carbocycles. The number of hydrogen-bond donors (Lipinski definition) is 1. The van der Waals surface area contributed by atoms with Crippen LogP contribution in [0.4, 0.5) is 0 Å². The zero-order chi connectivity index (χ0) is 12.4. The molecule has 1 N–H and O–H groups in total. The van der Waals surface area contributed by atoms with Gasteiger partial charge in [-0.05, 0) is 44.9 Å². The van der Waals surface area contributed by atoms with E-state index in [0.717, 1.165) is 37.1 Å². The first-order chi connectivity index (χ1) is 8.81. The van der Waals surface area contributed by atoms with Crippen LogP contribution in [0.1, 0.15) is 30.0 Å². The number of nitrogens with one attached hydrogen (secondary N) is 1. The average Bonchev–Trinajstić information content (AvgIpc) is 2.88. The molecular formula is C14H18N2OS. The van der Waals surface area contributed by atoms with Gasteiger partial charge in [0.05, 0.1) is 11.1 Å². The van der Waals surface area contributed by atoms with Crippen LogP contribution in [0.2, 0.25) is 0 Å². The van der Waals surface area contributed by atoms with E-state index in [-0.39, 0.29) is 0 Å². The highest BCUT2D eigenvalue weighted by atomic mass is 32.1. The normalized spacial score (nSPS) is 15.2. The molecule has 1 fully saturated rings. The van der Waals surface area contributed by atoms with Crippen LogP contribution in [-0.2, 0) is 6.42 Å². The van der Waals surface area contributed by atoms with E-state index in [1.807, 2.05) is 6.20 Å². The molecule has 96 valence electrons. The van der Waals surface area contributed by atoms with E-state index in [4.69, 9.17) is 4.42 Å². The third kappa shape index (κ3) is 3.00. The van der Waals surface area contributed by atoms with Gasteiger partial charge in [-0.1, -0.05) is 0 Å². The van der Waals surface area contributed by atoms with Crippen LogP contribution in [0.15, 0.2) is 22.7 Å². The van der Waals surface area contributed by atoms with Crippen molar-refractivity contribution in [3.8, 4) is 10.6 Å². The quantitative estimate of drug-likeness (QED) is 0.811. The van der Waals surface area contributed by atoms with Gasteiger partial charge >= 0.3 is 0 Å². The van der Waals surface area contributed by atoms with Gasteiger partial charge in [-0.25, -0.2) is 4.98 Å². The number of rotatable bonds is 6. The van der Waals surface area contributed by atoms with Crippen molar-refractivity contribution in [2.45, 2.75) is 38.6 Å². The number of oxazole rings is 1. The Bertz CT molecular complexity index is 513. The molecule has 18 heavy (non-hydrogen) atoms. The van der Waals surface area contributed by atoms with Gasteiger partial charge in [0, 0.05) is 17.3 Å². The number of aromatic nitrogens is 1. The number of aryl methyl sites for hydroxylation is 2. The maximum absolute atomic E-state index is 5.78. The van der Waals surface area contributed by atoms with E-state index in [1.165, 1.54) is 22.6 Å². The van der Waals surface area contributed by atoms with Gasteiger partial charge in [-0.3, -0.25) is 0 Å². The second-order valence-electron chi connectivity index (χ2n) is 4.86. The fourth-order valence-corrected chi connectivity index (χ4v) is 2.75. The molecule has 0 atom stereocenters. The highest BCUT2D eigenvalue weighted by Gasteiger charge is 2.19. The lowest BCUT2D eigenvalue weighted by Crippen LogP contribution is -2.17. The minimum Gasteiger partial charge on any atom is -0.440 e. The van der Waals surface area contributed by atoms with Crippen molar-refractivity contribution < 1.29 is 4.42 Å². The van der Waals surface area contributed by atoms with Gasteiger partial charge in [0.1, 0.15) is 0 Å². The maximum atomic E-state index is 5.78. The predicted octanol–water partition coefficient (Wildman–Crippen LogP) is 3.40. The minimum atomic E-state index is 0.791. The lowest BCUT2D eigenvalue weighted by atomic mass is 10.3. The molecule has 3 nitrogen and oxygen atoms in total. The van der Waals surface area contributed by atoms with E-state index >= 15 is 0 Å². The van der Waals surface area contributed by atoms with Crippen molar-refractivity contribution in [2.75, 3.05) is 6.54 Å². The second kappa shape index (κ2) is 5.24. The Morgan fingerprint density at radius 2 is 2.33 bits per heavy atom. The Morgan fingerprint density at radius 3 is 3.06 bits per heavy atom. The summed E-state index contributed by atoms with van der Waals surface area (Å²) in [6.07, 6.45) is 6.56. The van der Waals surface area contributed by atoms with Crippen LogP contribution in [-0.4, -0.2) is 17.6 Å². The van der Waals surface area contributed by atoms with Crippen molar-refractivity contribution >= 4 is 11.3 Å². The molecule has 0 spiro atoms. The number of thiophene rings is 1. The first-order valence-electron chi connectivity index (χ1n) is 6.56. The summed E-state index contributed by atoms with van der Waals surface area (Å²) in [5, 5.41) is 3.50. The predicted molar refractivity (Wildman–Crippen MR) is 73.9 cm³/mol. The zero-order valence-electron chi connectivity index (χ0n) is 10.6. The number of hydrogen-bond acceptors (Lipinski definition) is 4. The van der Waals surface area contributed by atoms with Crippen LogP contribution in [0.25, 0.3) is 10.6 Å². The Labute approximate surface area is 111 Å². The fraction of sp³-hybridized carbons (Fsp3) is 0.500. The van der Waals surface area contributed by atoms with Crippen LogP contribution in [0.5, 0.6) is 0 Å². The summed E-state index contributed by atoms with van der Waals surface area (Å²) in [6, 6.07) is 5.00. The molecular weight excluding hydrogens is 244 g/mol. The molecule has 0 unspecified atom stereocenters. The summed E-state index contributed by atoms with van der Waals surface area (Å²) < 4.78 is 5.78. The summed E-state index contributed by atoms with van der Waals surface area (Å²) in [4.78, 5) is 6.82. The third-order valence-corrected chi connectivity index (χ3v) is 4.13. The lowest BCUT2D eigenvalue weighted by Gasteiger charge is -1.99. The molecule has 3 rings (SSSR count). The zero-order valence-corrected chi connectivity index (χ0v) is 11.4. The standard InChI is InChI=1S/C14H18N2OS/c1-10-4-7-13(18-10)12-9-16-14(17-12)3-2-8-15-11-5-6-11/h4,7,9,11,15H,2-3,5-6,8H2,1H3. The Balaban J connectivity index is 1.52. The molecule has 0 amide bonds. The van der Waals surface area contributed by atoms with Crippen molar-refractivity contribution in [1.82, 2.24) is 10.3 Å².